The van der Waals surface area contributed by atoms with E-state index in [2.05, 4.69) is 15.9 Å². The fraction of sp³-hybridized carbons (Fsp3) is 0. The number of fused-ring (bicyclic) bond motifs is 1. The second-order valence-electron chi connectivity index (χ2n) is 2.66. The summed E-state index contributed by atoms with van der Waals surface area (Å²) in [6.45, 7) is 0. The van der Waals surface area contributed by atoms with Crippen molar-refractivity contribution in [2.24, 2.45) is 0 Å². The van der Waals surface area contributed by atoms with Crippen LogP contribution in [0.3, 0.4) is 0 Å². The molecule has 0 radical (unpaired) electrons. The zero-order chi connectivity index (χ0) is 10.3. The van der Waals surface area contributed by atoms with Gasteiger partial charge in [-0.05, 0) is 22.0 Å². The normalized spacial score (nSPS) is 11.1. The van der Waals surface area contributed by atoms with Gasteiger partial charge in [-0.1, -0.05) is 0 Å². The van der Waals surface area contributed by atoms with E-state index in [1.165, 1.54) is 15.2 Å². The van der Waals surface area contributed by atoms with Gasteiger partial charge in [-0.25, -0.2) is 8.78 Å². The maximum atomic E-state index is 13.4. The molecular weight excluding hydrogens is 387 g/mol. The van der Waals surface area contributed by atoms with Crippen molar-refractivity contribution in [3.63, 3.8) is 0 Å². The molecule has 74 valence electrons. The fourth-order valence-electron chi connectivity index (χ4n) is 1.26. The van der Waals surface area contributed by atoms with E-state index in [0.717, 1.165) is 6.07 Å². The van der Waals surface area contributed by atoms with Crippen molar-refractivity contribution in [2.45, 2.75) is 0 Å². The molecular formula is C8H3BrF2INS. The number of halogens is 4. The first-order valence-electron chi connectivity index (χ1n) is 3.58. The second-order valence-corrected chi connectivity index (χ2v) is 5.22. The summed E-state index contributed by atoms with van der Waals surface area (Å²) in [6, 6.07) is 2.20. The maximum absolute atomic E-state index is 13.4. The molecule has 0 saturated carbocycles. The molecule has 0 atom stereocenters. The summed E-state index contributed by atoms with van der Waals surface area (Å²) in [5.41, 5.74) is 0.401. The summed E-state index contributed by atoms with van der Waals surface area (Å²) < 4.78 is 28.7. The van der Waals surface area contributed by atoms with Crippen LogP contribution in [0.1, 0.15) is 0 Å². The molecule has 0 aliphatic carbocycles. The van der Waals surface area contributed by atoms with Gasteiger partial charge < -0.3 is 0 Å². The van der Waals surface area contributed by atoms with Crippen LogP contribution in [0.2, 0.25) is 0 Å². The van der Waals surface area contributed by atoms with E-state index in [1.54, 1.807) is 10.2 Å². The minimum absolute atomic E-state index is 0.401. The number of nitrogens with zero attached hydrogens (tertiary/aromatic N) is 1. The molecule has 1 aromatic carbocycles. The van der Waals surface area contributed by atoms with Gasteiger partial charge in [-0.15, -0.1) is 0 Å². The minimum Gasteiger partial charge on any atom is -0.278 e. The molecule has 0 saturated heterocycles. The Bertz CT molecular complexity index is 500. The van der Waals surface area contributed by atoms with Gasteiger partial charge in [0.15, 0.2) is 5.82 Å². The Labute approximate surface area is 104 Å². The molecule has 0 aliphatic rings. The van der Waals surface area contributed by atoms with Gasteiger partial charge in [0.25, 0.3) is 0 Å². The Morgan fingerprint density at radius 2 is 2.07 bits per heavy atom. The molecule has 1 heterocycles. The van der Waals surface area contributed by atoms with Crippen LogP contribution in [0, 0.1) is 11.6 Å². The number of hydrogen-bond donors (Lipinski definition) is 0. The van der Waals surface area contributed by atoms with E-state index in [0.29, 0.717) is 15.4 Å². The van der Waals surface area contributed by atoms with Crippen molar-refractivity contribution >= 4 is 57.2 Å². The van der Waals surface area contributed by atoms with E-state index in [-0.39, 0.29) is 0 Å². The lowest BCUT2D eigenvalue weighted by Crippen LogP contribution is -1.86. The van der Waals surface area contributed by atoms with Gasteiger partial charge in [-0.3, -0.25) is 3.97 Å². The average molecular weight is 390 g/mol. The van der Waals surface area contributed by atoms with Gasteiger partial charge in [0.1, 0.15) is 5.82 Å². The zero-order valence-corrected chi connectivity index (χ0v) is 11.2. The van der Waals surface area contributed by atoms with Crippen molar-refractivity contribution in [1.29, 1.82) is 0 Å². The van der Waals surface area contributed by atoms with Gasteiger partial charge >= 0.3 is 0 Å². The molecule has 0 N–H and O–H groups in total. The van der Waals surface area contributed by atoms with Crippen molar-refractivity contribution in [1.82, 2.24) is 3.97 Å². The van der Waals surface area contributed by atoms with Gasteiger partial charge in [0, 0.05) is 52.4 Å². The van der Waals surface area contributed by atoms with Crippen LogP contribution in [0.25, 0.3) is 10.9 Å². The maximum Gasteiger partial charge on any atom is 0.151 e. The summed E-state index contributed by atoms with van der Waals surface area (Å²) >= 11 is 5.29. The largest absolute Gasteiger partial charge is 0.278 e. The molecule has 0 bridgehead atoms. The van der Waals surface area contributed by atoms with Crippen molar-refractivity contribution < 1.29 is 8.78 Å². The molecule has 2 aromatic rings. The highest BCUT2D eigenvalue weighted by molar-refractivity contribution is 14.2. The highest BCUT2D eigenvalue weighted by Crippen LogP contribution is 2.33. The van der Waals surface area contributed by atoms with Crippen molar-refractivity contribution in [2.75, 3.05) is 0 Å². The Morgan fingerprint density at radius 3 is 2.71 bits per heavy atom. The van der Waals surface area contributed by atoms with E-state index in [4.69, 9.17) is 0 Å². The number of rotatable bonds is 1. The average Bonchev–Trinajstić information content (AvgIpc) is 2.43. The van der Waals surface area contributed by atoms with Crippen LogP contribution in [0.15, 0.2) is 22.8 Å². The van der Waals surface area contributed by atoms with E-state index in [9.17, 15) is 8.78 Å². The molecule has 2 rings (SSSR count). The van der Waals surface area contributed by atoms with Crippen LogP contribution in [-0.4, -0.2) is 3.97 Å². The van der Waals surface area contributed by atoms with Gasteiger partial charge in [0.05, 0.1) is 5.52 Å². The van der Waals surface area contributed by atoms with Crippen LogP contribution in [0.5, 0.6) is 0 Å². The molecule has 0 spiro atoms. The number of benzene rings is 1. The summed E-state index contributed by atoms with van der Waals surface area (Å²) in [5, 5.41) is 0.548. The first-order valence-corrected chi connectivity index (χ1v) is 7.69. The molecule has 0 unspecified atom stereocenters. The predicted octanol–water partition coefficient (Wildman–Crippen LogP) is 4.53. The Morgan fingerprint density at radius 1 is 1.36 bits per heavy atom. The lowest BCUT2D eigenvalue weighted by Gasteiger charge is -1.99. The topological polar surface area (TPSA) is 4.93 Å². The summed E-state index contributed by atoms with van der Waals surface area (Å²) in [5.74, 6) is -1.11. The molecule has 0 amide bonds. The lowest BCUT2D eigenvalue weighted by atomic mass is 10.2. The Kier molecular flexibility index (Phi) is 3.03. The van der Waals surface area contributed by atoms with E-state index in [1.807, 2.05) is 21.2 Å². The molecule has 0 fully saturated rings. The first-order chi connectivity index (χ1) is 6.63. The highest BCUT2D eigenvalue weighted by atomic mass is 127. The molecule has 1 nitrogen and oxygen atoms in total. The summed E-state index contributed by atoms with van der Waals surface area (Å²) in [4.78, 5) is 0. The van der Waals surface area contributed by atoms with Crippen LogP contribution in [0.4, 0.5) is 8.78 Å². The molecule has 0 aliphatic heterocycles. The van der Waals surface area contributed by atoms with Crippen LogP contribution < -0.4 is 0 Å². The quantitative estimate of drug-likeness (QED) is 0.649. The predicted molar refractivity (Wildman–Crippen MR) is 66.6 cm³/mol. The lowest BCUT2D eigenvalue weighted by molar-refractivity contribution is 0.590. The molecule has 6 heteroatoms. The zero-order valence-electron chi connectivity index (χ0n) is 6.60. The van der Waals surface area contributed by atoms with Crippen molar-refractivity contribution in [3.8, 4) is 0 Å². The fourth-order valence-corrected chi connectivity index (χ4v) is 3.24. The van der Waals surface area contributed by atoms with Crippen LogP contribution in [-0.2, 0) is 0 Å². The smallest absolute Gasteiger partial charge is 0.151 e. The third-order valence-corrected chi connectivity index (χ3v) is 4.15. The first kappa shape index (κ1) is 10.7. The van der Waals surface area contributed by atoms with Gasteiger partial charge in [-0.2, -0.15) is 0 Å². The standard InChI is InChI=1S/C8H3BrF2INS/c9-6-3-13(14-12)8-5(6)1-4(10)2-7(8)11/h1-3H. The third-order valence-electron chi connectivity index (χ3n) is 1.81. The van der Waals surface area contributed by atoms with Crippen molar-refractivity contribution in [3.05, 3.63) is 34.4 Å². The summed E-state index contributed by atoms with van der Waals surface area (Å²) in [6.07, 6.45) is 1.71. The third kappa shape index (κ3) is 1.67. The van der Waals surface area contributed by atoms with Crippen LogP contribution >= 0.6 is 46.3 Å². The Balaban J connectivity index is 2.89. The summed E-state index contributed by atoms with van der Waals surface area (Å²) in [7, 11) is 1.33. The SMILES string of the molecule is Fc1cc(F)c2c(c1)c(Br)cn2SI. The van der Waals surface area contributed by atoms with E-state index < -0.39 is 11.6 Å². The molecule has 1 aromatic heterocycles. The Hall–Kier alpha value is 0.180. The second kappa shape index (κ2) is 3.97. The molecule has 14 heavy (non-hydrogen) atoms. The monoisotopic (exact) mass is 389 g/mol. The number of aromatic nitrogens is 1. The highest BCUT2D eigenvalue weighted by Gasteiger charge is 2.12. The van der Waals surface area contributed by atoms with E-state index >= 15 is 0 Å². The minimum atomic E-state index is -0.563. The van der Waals surface area contributed by atoms with Gasteiger partial charge in [0.2, 0.25) is 0 Å². The number of hydrogen-bond acceptors (Lipinski definition) is 1.